The van der Waals surface area contributed by atoms with E-state index in [9.17, 15) is 18.4 Å². The molecule has 1 saturated heterocycles. The summed E-state index contributed by atoms with van der Waals surface area (Å²) in [5.74, 6) is -0.475. The van der Waals surface area contributed by atoms with Crippen LogP contribution in [0.25, 0.3) is 0 Å². The van der Waals surface area contributed by atoms with Crippen molar-refractivity contribution in [2.24, 2.45) is 0 Å². The van der Waals surface area contributed by atoms with Crippen molar-refractivity contribution in [2.45, 2.75) is 17.9 Å². The van der Waals surface area contributed by atoms with Gasteiger partial charge >= 0.3 is 14.1 Å². The van der Waals surface area contributed by atoms with Gasteiger partial charge in [0.25, 0.3) is 5.91 Å². The standard InChI is InChI=1S/C10H11ClN2O4S/c11-18(16,17)10-8(4-3-7-13(10)15)9(14)12-5-1-2-6-12/h3-4,7H,1-2,5-6H2. The van der Waals surface area contributed by atoms with Gasteiger partial charge in [-0.05, 0) is 18.9 Å². The van der Waals surface area contributed by atoms with Crippen molar-refractivity contribution >= 4 is 25.6 Å². The highest BCUT2D eigenvalue weighted by molar-refractivity contribution is 8.13. The molecule has 1 aliphatic heterocycles. The van der Waals surface area contributed by atoms with E-state index in [1.165, 1.54) is 17.0 Å². The first-order valence-corrected chi connectivity index (χ1v) is 7.68. The topological polar surface area (TPSA) is 81.4 Å². The van der Waals surface area contributed by atoms with Gasteiger partial charge in [-0.15, -0.1) is 0 Å². The average Bonchev–Trinajstić information content (AvgIpc) is 2.79. The Hall–Kier alpha value is -1.34. The van der Waals surface area contributed by atoms with E-state index in [0.717, 1.165) is 19.0 Å². The van der Waals surface area contributed by atoms with Gasteiger partial charge in [0.15, 0.2) is 6.20 Å². The zero-order valence-corrected chi connectivity index (χ0v) is 10.9. The maximum Gasteiger partial charge on any atom is 0.336 e. The summed E-state index contributed by atoms with van der Waals surface area (Å²) < 4.78 is 22.8. The highest BCUT2D eigenvalue weighted by atomic mass is 35.7. The van der Waals surface area contributed by atoms with E-state index in [-0.39, 0.29) is 10.3 Å². The number of aromatic nitrogens is 1. The normalized spacial score (nSPS) is 15.9. The summed E-state index contributed by atoms with van der Waals surface area (Å²) in [5, 5.41) is 10.8. The minimum absolute atomic E-state index is 0.103. The first-order valence-electron chi connectivity index (χ1n) is 5.37. The minimum atomic E-state index is -4.26. The van der Waals surface area contributed by atoms with E-state index in [4.69, 9.17) is 10.7 Å². The number of carbonyl (C=O) groups is 1. The fourth-order valence-corrected chi connectivity index (χ4v) is 3.11. The van der Waals surface area contributed by atoms with E-state index < -0.39 is 20.0 Å². The summed E-state index contributed by atoms with van der Waals surface area (Å²) in [6.07, 6.45) is 2.74. The molecule has 0 atom stereocenters. The maximum absolute atomic E-state index is 12.1. The molecule has 2 heterocycles. The van der Waals surface area contributed by atoms with Crippen LogP contribution < -0.4 is 4.73 Å². The quantitative estimate of drug-likeness (QED) is 0.451. The van der Waals surface area contributed by atoms with Crippen LogP contribution in [-0.2, 0) is 9.05 Å². The number of hydrogen-bond acceptors (Lipinski definition) is 4. The summed E-state index contributed by atoms with van der Waals surface area (Å²) in [6.45, 7) is 1.13. The molecule has 2 rings (SSSR count). The number of likely N-dealkylation sites (tertiary alicyclic amines) is 1. The van der Waals surface area contributed by atoms with E-state index >= 15 is 0 Å². The molecule has 6 nitrogen and oxygen atoms in total. The summed E-state index contributed by atoms with van der Waals surface area (Å²) in [4.78, 5) is 13.6. The van der Waals surface area contributed by atoms with Crippen LogP contribution in [0, 0.1) is 5.21 Å². The highest BCUT2D eigenvalue weighted by Gasteiger charge is 2.32. The van der Waals surface area contributed by atoms with Crippen LogP contribution in [0.2, 0.25) is 0 Å². The van der Waals surface area contributed by atoms with Gasteiger partial charge in [-0.25, -0.2) is 8.42 Å². The Kier molecular flexibility index (Phi) is 3.45. The number of pyridine rings is 1. The Morgan fingerprint density at radius 1 is 1.39 bits per heavy atom. The summed E-state index contributed by atoms with van der Waals surface area (Å²) in [7, 11) is 0.937. The number of nitrogens with zero attached hydrogens (tertiary/aromatic N) is 2. The average molecular weight is 291 g/mol. The molecule has 1 aliphatic rings. The first kappa shape index (κ1) is 13.1. The van der Waals surface area contributed by atoms with Crippen molar-refractivity contribution in [2.75, 3.05) is 13.1 Å². The molecule has 1 aromatic rings. The third-order valence-electron chi connectivity index (χ3n) is 2.77. The maximum atomic E-state index is 12.1. The molecule has 0 saturated carbocycles. The van der Waals surface area contributed by atoms with Gasteiger partial charge in [-0.1, -0.05) is 0 Å². The lowest BCUT2D eigenvalue weighted by Crippen LogP contribution is -2.37. The Morgan fingerprint density at radius 2 is 2.00 bits per heavy atom. The largest absolute Gasteiger partial charge is 0.618 e. The van der Waals surface area contributed by atoms with Gasteiger partial charge < -0.3 is 10.1 Å². The predicted molar refractivity (Wildman–Crippen MR) is 63.6 cm³/mol. The van der Waals surface area contributed by atoms with Crippen LogP contribution in [-0.4, -0.2) is 32.3 Å². The molecule has 1 amide bonds. The van der Waals surface area contributed by atoms with Gasteiger partial charge in [0.2, 0.25) is 0 Å². The molecule has 1 fully saturated rings. The zero-order valence-electron chi connectivity index (χ0n) is 9.37. The molecule has 1 aromatic heterocycles. The minimum Gasteiger partial charge on any atom is -0.618 e. The number of amides is 1. The Morgan fingerprint density at radius 3 is 2.56 bits per heavy atom. The molecule has 18 heavy (non-hydrogen) atoms. The molecule has 0 unspecified atom stereocenters. The monoisotopic (exact) mass is 290 g/mol. The van der Waals surface area contributed by atoms with E-state index in [1.807, 2.05) is 0 Å². The second-order valence-corrected chi connectivity index (χ2v) is 6.47. The highest BCUT2D eigenvalue weighted by Crippen LogP contribution is 2.19. The van der Waals surface area contributed by atoms with E-state index in [2.05, 4.69) is 0 Å². The Bertz CT molecular complexity index is 582. The van der Waals surface area contributed by atoms with Crippen molar-refractivity contribution in [1.82, 2.24) is 4.90 Å². The van der Waals surface area contributed by atoms with Crippen LogP contribution in [0.15, 0.2) is 23.4 Å². The number of hydrogen-bond donors (Lipinski definition) is 0. The van der Waals surface area contributed by atoms with E-state index in [1.54, 1.807) is 0 Å². The molecule has 98 valence electrons. The van der Waals surface area contributed by atoms with Crippen molar-refractivity contribution in [3.8, 4) is 0 Å². The van der Waals surface area contributed by atoms with Gasteiger partial charge in [0.1, 0.15) is 5.56 Å². The fourth-order valence-electron chi connectivity index (χ4n) is 1.97. The Balaban J connectivity index is 2.51. The van der Waals surface area contributed by atoms with Crippen molar-refractivity contribution in [3.63, 3.8) is 0 Å². The second kappa shape index (κ2) is 4.74. The van der Waals surface area contributed by atoms with Crippen LogP contribution >= 0.6 is 10.7 Å². The molecular weight excluding hydrogens is 280 g/mol. The van der Waals surface area contributed by atoms with Crippen LogP contribution in [0.4, 0.5) is 0 Å². The Labute approximate surface area is 109 Å². The predicted octanol–water partition coefficient (Wildman–Crippen LogP) is 0.483. The number of carbonyl (C=O) groups excluding carboxylic acids is 1. The van der Waals surface area contributed by atoms with Crippen molar-refractivity contribution < 1.29 is 17.9 Å². The van der Waals surface area contributed by atoms with Crippen molar-refractivity contribution in [3.05, 3.63) is 29.1 Å². The SMILES string of the molecule is O=C(c1ccc[n+]([O-])c1S(=O)(=O)Cl)N1CCCC1. The second-order valence-electron chi connectivity index (χ2n) is 3.99. The molecule has 0 aliphatic carbocycles. The molecule has 0 aromatic carbocycles. The summed E-state index contributed by atoms with van der Waals surface area (Å²) >= 11 is 0. The summed E-state index contributed by atoms with van der Waals surface area (Å²) in [5.41, 5.74) is -0.176. The molecule has 8 heteroatoms. The molecular formula is C10H11ClN2O4S. The number of halogens is 1. The van der Waals surface area contributed by atoms with E-state index in [0.29, 0.717) is 13.1 Å². The summed E-state index contributed by atoms with van der Waals surface area (Å²) in [6, 6.07) is 2.62. The molecule has 0 bridgehead atoms. The van der Waals surface area contributed by atoms with Gasteiger partial charge in [-0.3, -0.25) is 4.79 Å². The lowest BCUT2D eigenvalue weighted by Gasteiger charge is -2.15. The first-order chi connectivity index (χ1) is 8.41. The van der Waals surface area contributed by atoms with Crippen molar-refractivity contribution in [1.29, 1.82) is 0 Å². The van der Waals surface area contributed by atoms with Gasteiger partial charge in [0, 0.05) is 29.8 Å². The number of rotatable bonds is 2. The third kappa shape index (κ3) is 2.41. The van der Waals surface area contributed by atoms with Crippen LogP contribution in [0.1, 0.15) is 23.2 Å². The van der Waals surface area contributed by atoms with Crippen LogP contribution in [0.5, 0.6) is 0 Å². The lowest BCUT2D eigenvalue weighted by atomic mass is 10.2. The smallest absolute Gasteiger partial charge is 0.336 e. The molecule has 0 spiro atoms. The lowest BCUT2D eigenvalue weighted by molar-refractivity contribution is -0.646. The fraction of sp³-hybridized carbons (Fsp3) is 0.400. The zero-order chi connectivity index (χ0) is 13.3. The van der Waals surface area contributed by atoms with Gasteiger partial charge in [0.05, 0.1) is 0 Å². The van der Waals surface area contributed by atoms with Crippen LogP contribution in [0.3, 0.4) is 0 Å². The third-order valence-corrected chi connectivity index (χ3v) is 4.07. The van der Waals surface area contributed by atoms with Gasteiger partial charge in [-0.2, -0.15) is 4.73 Å². The molecule has 0 radical (unpaired) electrons. The molecule has 0 N–H and O–H groups in total.